The van der Waals surface area contributed by atoms with Crippen molar-refractivity contribution in [1.82, 2.24) is 20.1 Å². The van der Waals surface area contributed by atoms with Gasteiger partial charge in [-0.05, 0) is 12.1 Å². The van der Waals surface area contributed by atoms with E-state index in [1.807, 2.05) is 0 Å². The summed E-state index contributed by atoms with van der Waals surface area (Å²) in [5.41, 5.74) is 0. The molecule has 0 saturated carbocycles. The molecule has 1 fully saturated rings. The SMILES string of the molecule is COc1nnc(CN2CCN(c3ccc(F)cn3)CC2)s1. The van der Waals surface area contributed by atoms with Crippen LogP contribution in [0, 0.1) is 5.82 Å². The lowest BCUT2D eigenvalue weighted by atomic mass is 10.3. The number of nitrogens with zero attached hydrogens (tertiary/aromatic N) is 5. The Bertz CT molecular complexity index is 583. The van der Waals surface area contributed by atoms with Gasteiger partial charge in [0, 0.05) is 26.2 Å². The highest BCUT2D eigenvalue weighted by atomic mass is 32.1. The van der Waals surface area contributed by atoms with Gasteiger partial charge < -0.3 is 9.64 Å². The largest absolute Gasteiger partial charge is 0.472 e. The number of hydrogen-bond acceptors (Lipinski definition) is 7. The van der Waals surface area contributed by atoms with Crippen molar-refractivity contribution in [2.45, 2.75) is 6.54 Å². The normalized spacial score (nSPS) is 16.2. The predicted octanol–water partition coefficient (Wildman–Crippen LogP) is 1.40. The van der Waals surface area contributed by atoms with Crippen LogP contribution in [0.1, 0.15) is 5.01 Å². The van der Waals surface area contributed by atoms with Crippen molar-refractivity contribution in [1.29, 1.82) is 0 Å². The van der Waals surface area contributed by atoms with E-state index in [1.54, 1.807) is 13.2 Å². The van der Waals surface area contributed by atoms with E-state index in [1.165, 1.54) is 23.6 Å². The molecule has 112 valence electrons. The Morgan fingerprint density at radius 2 is 2.05 bits per heavy atom. The molecule has 0 bridgehead atoms. The van der Waals surface area contributed by atoms with Crippen LogP contribution in [0.25, 0.3) is 0 Å². The maximum absolute atomic E-state index is 12.9. The Kier molecular flexibility index (Phi) is 4.26. The molecule has 8 heteroatoms. The van der Waals surface area contributed by atoms with Gasteiger partial charge in [-0.25, -0.2) is 9.37 Å². The van der Waals surface area contributed by atoms with Crippen LogP contribution >= 0.6 is 11.3 Å². The fourth-order valence-electron chi connectivity index (χ4n) is 2.27. The van der Waals surface area contributed by atoms with Gasteiger partial charge in [-0.2, -0.15) is 0 Å². The minimum atomic E-state index is -0.303. The van der Waals surface area contributed by atoms with E-state index in [0.29, 0.717) is 5.19 Å². The third kappa shape index (κ3) is 3.45. The van der Waals surface area contributed by atoms with Gasteiger partial charge in [0.1, 0.15) is 16.6 Å². The monoisotopic (exact) mass is 309 g/mol. The second-order valence-electron chi connectivity index (χ2n) is 4.76. The van der Waals surface area contributed by atoms with Gasteiger partial charge in [0.25, 0.3) is 5.19 Å². The van der Waals surface area contributed by atoms with Gasteiger partial charge in [0.05, 0.1) is 19.9 Å². The van der Waals surface area contributed by atoms with Crippen LogP contribution in [0.2, 0.25) is 0 Å². The van der Waals surface area contributed by atoms with Gasteiger partial charge in [-0.15, -0.1) is 10.2 Å². The van der Waals surface area contributed by atoms with Gasteiger partial charge in [0.2, 0.25) is 0 Å². The molecular weight excluding hydrogens is 293 g/mol. The summed E-state index contributed by atoms with van der Waals surface area (Å²) in [5, 5.41) is 9.59. The number of aromatic nitrogens is 3. The molecule has 0 amide bonds. The van der Waals surface area contributed by atoms with E-state index in [-0.39, 0.29) is 5.82 Å². The van der Waals surface area contributed by atoms with E-state index < -0.39 is 0 Å². The number of hydrogen-bond donors (Lipinski definition) is 0. The average molecular weight is 309 g/mol. The molecule has 0 aromatic carbocycles. The first-order valence-electron chi connectivity index (χ1n) is 6.70. The fraction of sp³-hybridized carbons (Fsp3) is 0.462. The quantitative estimate of drug-likeness (QED) is 0.851. The van der Waals surface area contributed by atoms with Crippen LogP contribution in [-0.2, 0) is 6.54 Å². The molecule has 0 spiro atoms. The molecule has 1 aliphatic rings. The molecule has 1 aliphatic heterocycles. The van der Waals surface area contributed by atoms with Gasteiger partial charge in [-0.1, -0.05) is 11.3 Å². The minimum absolute atomic E-state index is 0.303. The first-order chi connectivity index (χ1) is 10.2. The molecule has 0 unspecified atom stereocenters. The van der Waals surface area contributed by atoms with Crippen molar-refractivity contribution in [3.63, 3.8) is 0 Å². The summed E-state index contributed by atoms with van der Waals surface area (Å²) in [5.74, 6) is 0.524. The van der Waals surface area contributed by atoms with E-state index in [9.17, 15) is 4.39 Å². The standard InChI is InChI=1S/C13H16FN5OS/c1-20-13-17-16-12(21-13)9-18-4-6-19(7-5-18)11-3-2-10(14)8-15-11/h2-3,8H,4-7,9H2,1H3. The number of anilines is 1. The van der Waals surface area contributed by atoms with Crippen molar-refractivity contribution in [2.75, 3.05) is 38.2 Å². The van der Waals surface area contributed by atoms with Crippen LogP contribution in [0.4, 0.5) is 10.2 Å². The summed E-state index contributed by atoms with van der Waals surface area (Å²) in [6.07, 6.45) is 1.26. The van der Waals surface area contributed by atoms with Crippen molar-refractivity contribution < 1.29 is 9.13 Å². The van der Waals surface area contributed by atoms with Crippen molar-refractivity contribution >= 4 is 17.2 Å². The Morgan fingerprint density at radius 3 is 2.67 bits per heavy atom. The Balaban J connectivity index is 1.54. The number of piperazine rings is 1. The summed E-state index contributed by atoms with van der Waals surface area (Å²) in [6, 6.07) is 3.17. The summed E-state index contributed by atoms with van der Waals surface area (Å²) in [4.78, 5) is 8.60. The highest BCUT2D eigenvalue weighted by Crippen LogP contribution is 2.20. The molecule has 1 saturated heterocycles. The van der Waals surface area contributed by atoms with Crippen molar-refractivity contribution in [3.05, 3.63) is 29.2 Å². The van der Waals surface area contributed by atoms with Crippen LogP contribution in [-0.4, -0.2) is 53.4 Å². The lowest BCUT2D eigenvalue weighted by Crippen LogP contribution is -2.46. The highest BCUT2D eigenvalue weighted by Gasteiger charge is 2.19. The average Bonchev–Trinajstić information content (AvgIpc) is 2.97. The maximum atomic E-state index is 12.9. The number of halogens is 1. The van der Waals surface area contributed by atoms with E-state index in [4.69, 9.17) is 4.74 Å². The van der Waals surface area contributed by atoms with Crippen molar-refractivity contribution in [3.8, 4) is 5.19 Å². The number of methoxy groups -OCH3 is 1. The van der Waals surface area contributed by atoms with E-state index >= 15 is 0 Å². The third-order valence-electron chi connectivity index (χ3n) is 3.39. The van der Waals surface area contributed by atoms with Crippen molar-refractivity contribution in [2.24, 2.45) is 0 Å². The predicted molar refractivity (Wildman–Crippen MR) is 78.1 cm³/mol. The third-order valence-corrected chi connectivity index (χ3v) is 4.26. The molecule has 0 N–H and O–H groups in total. The number of ether oxygens (including phenoxy) is 1. The van der Waals surface area contributed by atoms with Gasteiger partial charge in [0.15, 0.2) is 0 Å². The van der Waals surface area contributed by atoms with Gasteiger partial charge >= 0.3 is 0 Å². The van der Waals surface area contributed by atoms with Crippen LogP contribution in [0.5, 0.6) is 5.19 Å². The maximum Gasteiger partial charge on any atom is 0.293 e. The molecule has 0 radical (unpaired) electrons. The Hall–Kier alpha value is -1.80. The number of pyridine rings is 1. The Labute approximate surface area is 126 Å². The molecular formula is C13H16FN5OS. The zero-order valence-corrected chi connectivity index (χ0v) is 12.5. The minimum Gasteiger partial charge on any atom is -0.472 e. The molecule has 2 aromatic heterocycles. The fourth-order valence-corrected chi connectivity index (χ4v) is 2.96. The first kappa shape index (κ1) is 14.2. The molecule has 2 aromatic rings. The zero-order chi connectivity index (χ0) is 14.7. The van der Waals surface area contributed by atoms with Gasteiger partial charge in [-0.3, -0.25) is 4.90 Å². The Morgan fingerprint density at radius 1 is 1.24 bits per heavy atom. The lowest BCUT2D eigenvalue weighted by Gasteiger charge is -2.34. The summed E-state index contributed by atoms with van der Waals surface area (Å²) in [7, 11) is 1.60. The second kappa shape index (κ2) is 6.31. The zero-order valence-electron chi connectivity index (χ0n) is 11.7. The highest BCUT2D eigenvalue weighted by molar-refractivity contribution is 7.13. The van der Waals surface area contributed by atoms with E-state index in [2.05, 4.69) is 25.0 Å². The summed E-state index contributed by atoms with van der Waals surface area (Å²) >= 11 is 1.47. The number of rotatable bonds is 4. The molecule has 0 atom stereocenters. The summed E-state index contributed by atoms with van der Waals surface area (Å²) < 4.78 is 17.9. The molecule has 0 aliphatic carbocycles. The van der Waals surface area contributed by atoms with Crippen LogP contribution < -0.4 is 9.64 Å². The van der Waals surface area contributed by atoms with Crippen LogP contribution in [0.15, 0.2) is 18.3 Å². The lowest BCUT2D eigenvalue weighted by molar-refractivity contribution is 0.248. The molecule has 6 nitrogen and oxygen atoms in total. The summed E-state index contributed by atoms with van der Waals surface area (Å²) in [6.45, 7) is 4.36. The molecule has 3 heterocycles. The van der Waals surface area contributed by atoms with Crippen LogP contribution in [0.3, 0.4) is 0 Å². The molecule has 3 rings (SSSR count). The smallest absolute Gasteiger partial charge is 0.293 e. The second-order valence-corrected chi connectivity index (χ2v) is 5.79. The first-order valence-corrected chi connectivity index (χ1v) is 7.51. The van der Waals surface area contributed by atoms with E-state index in [0.717, 1.165) is 43.5 Å². The topological polar surface area (TPSA) is 54.4 Å². The molecule has 21 heavy (non-hydrogen) atoms.